The van der Waals surface area contributed by atoms with Crippen LogP contribution in [0.25, 0.3) is 0 Å². The fraction of sp³-hybridized carbons (Fsp3) is 0.833. The van der Waals surface area contributed by atoms with Crippen LogP contribution >= 0.6 is 0 Å². The fourth-order valence-corrected chi connectivity index (χ4v) is 0.865. The van der Waals surface area contributed by atoms with Gasteiger partial charge in [-0.15, -0.1) is 6.58 Å². The van der Waals surface area contributed by atoms with Crippen LogP contribution in [0.1, 0.15) is 35.1 Å². The van der Waals surface area contributed by atoms with Crippen LogP contribution < -0.4 is 0 Å². The minimum absolute atomic E-state index is 0. The first-order valence-electron chi connectivity index (χ1n) is 4.57. The summed E-state index contributed by atoms with van der Waals surface area (Å²) in [7, 11) is 0. The van der Waals surface area contributed by atoms with Crippen LogP contribution in [0.4, 0.5) is 0 Å². The zero-order chi connectivity index (χ0) is 9.23. The molecule has 1 atom stereocenters. The summed E-state index contributed by atoms with van der Waals surface area (Å²) in [4.78, 5) is 0. The van der Waals surface area contributed by atoms with Gasteiger partial charge in [-0.3, -0.25) is 0 Å². The highest BCUT2D eigenvalue weighted by atomic mass is 16.5. The van der Waals surface area contributed by atoms with Gasteiger partial charge >= 0.3 is 0 Å². The molecule has 0 aliphatic carbocycles. The molecule has 0 aliphatic heterocycles. The van der Waals surface area contributed by atoms with Gasteiger partial charge in [0, 0.05) is 19.8 Å². The lowest BCUT2D eigenvalue weighted by atomic mass is 10.1. The average Bonchev–Trinajstić information content (AvgIpc) is 2.06. The molecular weight excluding hydrogens is 176 g/mol. The fourth-order valence-electron chi connectivity index (χ4n) is 0.865. The Morgan fingerprint density at radius 1 is 1.29 bits per heavy atom. The first-order valence-corrected chi connectivity index (χ1v) is 4.57. The van der Waals surface area contributed by atoms with E-state index in [0.29, 0.717) is 12.5 Å². The SMILES string of the molecule is C.C.C=CCOCC(C)CCOCC. The molecule has 0 N–H and O–H groups in total. The highest BCUT2D eigenvalue weighted by Gasteiger charge is 2.00. The van der Waals surface area contributed by atoms with Crippen molar-refractivity contribution in [1.82, 2.24) is 0 Å². The van der Waals surface area contributed by atoms with E-state index in [1.54, 1.807) is 6.08 Å². The van der Waals surface area contributed by atoms with E-state index in [-0.39, 0.29) is 14.9 Å². The Hall–Kier alpha value is -0.340. The highest BCUT2D eigenvalue weighted by Crippen LogP contribution is 2.02. The summed E-state index contributed by atoms with van der Waals surface area (Å²) in [6.07, 6.45) is 2.85. The van der Waals surface area contributed by atoms with Crippen LogP contribution in [0.15, 0.2) is 12.7 Å². The van der Waals surface area contributed by atoms with Crippen molar-refractivity contribution in [2.75, 3.05) is 26.4 Å². The predicted octanol–water partition coefficient (Wildman–Crippen LogP) is 3.52. The van der Waals surface area contributed by atoms with E-state index in [1.807, 2.05) is 6.92 Å². The second-order valence-corrected chi connectivity index (χ2v) is 2.92. The monoisotopic (exact) mass is 204 g/mol. The number of rotatable bonds is 8. The minimum atomic E-state index is 0. The second kappa shape index (κ2) is 15.1. The molecule has 0 heterocycles. The maximum Gasteiger partial charge on any atom is 0.0644 e. The van der Waals surface area contributed by atoms with Crippen molar-refractivity contribution in [3.05, 3.63) is 12.7 Å². The van der Waals surface area contributed by atoms with Gasteiger partial charge in [0.2, 0.25) is 0 Å². The lowest BCUT2D eigenvalue weighted by molar-refractivity contribution is 0.0922. The number of ether oxygens (including phenoxy) is 2. The molecule has 0 aromatic heterocycles. The van der Waals surface area contributed by atoms with Crippen LogP contribution in [0.2, 0.25) is 0 Å². The minimum Gasteiger partial charge on any atom is -0.382 e. The molecule has 0 radical (unpaired) electrons. The van der Waals surface area contributed by atoms with Crippen molar-refractivity contribution < 1.29 is 9.47 Å². The lowest BCUT2D eigenvalue weighted by Gasteiger charge is -2.10. The van der Waals surface area contributed by atoms with Gasteiger partial charge in [0.1, 0.15) is 0 Å². The van der Waals surface area contributed by atoms with Crippen LogP contribution in [-0.4, -0.2) is 26.4 Å². The van der Waals surface area contributed by atoms with Gasteiger partial charge in [0.15, 0.2) is 0 Å². The summed E-state index contributed by atoms with van der Waals surface area (Å²) in [5.74, 6) is 0.580. The van der Waals surface area contributed by atoms with Crippen LogP contribution in [0.3, 0.4) is 0 Å². The van der Waals surface area contributed by atoms with E-state index < -0.39 is 0 Å². The Kier molecular flexibility index (Phi) is 20.8. The molecule has 0 rings (SSSR count). The molecule has 1 unspecified atom stereocenters. The van der Waals surface area contributed by atoms with Crippen LogP contribution in [-0.2, 0) is 9.47 Å². The van der Waals surface area contributed by atoms with Gasteiger partial charge in [0.05, 0.1) is 6.61 Å². The summed E-state index contributed by atoms with van der Waals surface area (Å²) in [6, 6.07) is 0. The molecule has 0 saturated heterocycles. The van der Waals surface area contributed by atoms with E-state index in [1.165, 1.54) is 0 Å². The van der Waals surface area contributed by atoms with E-state index in [4.69, 9.17) is 9.47 Å². The van der Waals surface area contributed by atoms with E-state index >= 15 is 0 Å². The molecule has 0 saturated carbocycles. The van der Waals surface area contributed by atoms with Crippen molar-refractivity contribution in [3.8, 4) is 0 Å². The summed E-state index contributed by atoms with van der Waals surface area (Å²) in [5.41, 5.74) is 0. The van der Waals surface area contributed by atoms with Gasteiger partial charge in [-0.25, -0.2) is 0 Å². The van der Waals surface area contributed by atoms with Gasteiger partial charge in [-0.05, 0) is 19.3 Å². The molecule has 0 spiro atoms. The van der Waals surface area contributed by atoms with Crippen molar-refractivity contribution in [2.24, 2.45) is 5.92 Å². The Labute approximate surface area is 90.3 Å². The Balaban J connectivity index is -0.000000605. The van der Waals surface area contributed by atoms with Gasteiger partial charge in [0.25, 0.3) is 0 Å². The number of hydrogen-bond acceptors (Lipinski definition) is 2. The third-order valence-electron chi connectivity index (χ3n) is 1.60. The highest BCUT2D eigenvalue weighted by molar-refractivity contribution is 4.64. The summed E-state index contributed by atoms with van der Waals surface area (Å²) < 4.78 is 10.5. The number of hydrogen-bond donors (Lipinski definition) is 0. The molecule has 0 aromatic carbocycles. The maximum atomic E-state index is 5.30. The maximum absolute atomic E-state index is 5.30. The smallest absolute Gasteiger partial charge is 0.0644 e. The lowest BCUT2D eigenvalue weighted by Crippen LogP contribution is -2.09. The van der Waals surface area contributed by atoms with E-state index in [2.05, 4.69) is 13.5 Å². The first kappa shape index (κ1) is 19.3. The molecule has 0 amide bonds. The van der Waals surface area contributed by atoms with E-state index in [0.717, 1.165) is 26.2 Å². The quantitative estimate of drug-likeness (QED) is 0.445. The molecule has 2 nitrogen and oxygen atoms in total. The third kappa shape index (κ3) is 14.2. The largest absolute Gasteiger partial charge is 0.382 e. The molecule has 0 fully saturated rings. The topological polar surface area (TPSA) is 18.5 Å². The standard InChI is InChI=1S/C10H20O2.2CH4/c1-4-7-12-9-10(3)6-8-11-5-2;;/h4,10H,1,5-9H2,2-3H3;2*1H4. The van der Waals surface area contributed by atoms with Crippen molar-refractivity contribution in [2.45, 2.75) is 35.1 Å². The summed E-state index contributed by atoms with van der Waals surface area (Å²) in [5, 5.41) is 0. The zero-order valence-corrected chi connectivity index (χ0v) is 8.21. The molecule has 0 bridgehead atoms. The second-order valence-electron chi connectivity index (χ2n) is 2.92. The molecule has 14 heavy (non-hydrogen) atoms. The van der Waals surface area contributed by atoms with Gasteiger partial charge in [-0.1, -0.05) is 27.9 Å². The van der Waals surface area contributed by atoms with Gasteiger partial charge in [-0.2, -0.15) is 0 Å². The third-order valence-corrected chi connectivity index (χ3v) is 1.60. The van der Waals surface area contributed by atoms with Crippen molar-refractivity contribution in [1.29, 1.82) is 0 Å². The normalized spacial score (nSPS) is 11.0. The Morgan fingerprint density at radius 3 is 2.43 bits per heavy atom. The zero-order valence-electron chi connectivity index (χ0n) is 8.21. The molecule has 0 aliphatic rings. The Bertz CT molecular complexity index is 102. The molecule has 0 aromatic rings. The first-order chi connectivity index (χ1) is 5.81. The summed E-state index contributed by atoms with van der Waals surface area (Å²) in [6.45, 7) is 10.9. The van der Waals surface area contributed by atoms with Gasteiger partial charge < -0.3 is 9.47 Å². The molecule has 88 valence electrons. The predicted molar refractivity (Wildman–Crippen MR) is 64.8 cm³/mol. The Morgan fingerprint density at radius 2 is 1.93 bits per heavy atom. The summed E-state index contributed by atoms with van der Waals surface area (Å²) >= 11 is 0. The van der Waals surface area contributed by atoms with Crippen LogP contribution in [0.5, 0.6) is 0 Å². The average molecular weight is 204 g/mol. The van der Waals surface area contributed by atoms with E-state index in [9.17, 15) is 0 Å². The molecular formula is C12H28O2. The van der Waals surface area contributed by atoms with Crippen molar-refractivity contribution in [3.63, 3.8) is 0 Å². The van der Waals surface area contributed by atoms with Crippen LogP contribution in [0, 0.1) is 5.92 Å². The molecule has 2 heteroatoms. The van der Waals surface area contributed by atoms with Crippen molar-refractivity contribution >= 4 is 0 Å².